The van der Waals surface area contributed by atoms with Crippen molar-refractivity contribution < 1.29 is 24.2 Å². The number of phenolic OH excluding ortho intramolecular Hbond substituents is 1. The first kappa shape index (κ1) is 21.2. The molecule has 7 heteroatoms. The number of carbonyl (C=O) groups excluding carboxylic acids is 2. The zero-order valence-corrected chi connectivity index (χ0v) is 18.2. The Kier molecular flexibility index (Phi) is 6.17. The van der Waals surface area contributed by atoms with Gasteiger partial charge in [0.15, 0.2) is 6.04 Å². The summed E-state index contributed by atoms with van der Waals surface area (Å²) in [6.07, 6.45) is -0.0252. The summed E-state index contributed by atoms with van der Waals surface area (Å²) in [5.74, 6) is -0.536. The van der Waals surface area contributed by atoms with Crippen molar-refractivity contribution >= 4 is 28.0 Å². The number of carbonyl (C=O) groups is 2. The van der Waals surface area contributed by atoms with Crippen molar-refractivity contribution in [1.82, 2.24) is 4.90 Å². The minimum Gasteiger partial charge on any atom is -0.508 e. The normalized spacial score (nSPS) is 16.1. The largest absolute Gasteiger partial charge is 0.508 e. The van der Waals surface area contributed by atoms with E-state index in [9.17, 15) is 14.7 Å². The lowest BCUT2D eigenvalue weighted by atomic mass is 9.92. The highest BCUT2D eigenvalue weighted by Gasteiger charge is 2.39. The fraction of sp³-hybridized carbons (Fsp3) is 0.364. The van der Waals surface area contributed by atoms with Crippen molar-refractivity contribution in [1.29, 1.82) is 0 Å². The average molecular weight is 462 g/mol. The van der Waals surface area contributed by atoms with Crippen LogP contribution in [0.1, 0.15) is 43.5 Å². The van der Waals surface area contributed by atoms with Crippen LogP contribution in [0.5, 0.6) is 5.75 Å². The van der Waals surface area contributed by atoms with Crippen LogP contribution in [-0.4, -0.2) is 34.2 Å². The van der Waals surface area contributed by atoms with Crippen LogP contribution < -0.4 is 0 Å². The first-order chi connectivity index (χ1) is 13.6. The molecule has 0 radical (unpaired) electrons. The molecule has 2 aromatic carbocycles. The summed E-state index contributed by atoms with van der Waals surface area (Å²) < 4.78 is 12.0. The lowest BCUT2D eigenvalue weighted by Crippen LogP contribution is -2.46. The van der Waals surface area contributed by atoms with Gasteiger partial charge in [-0.1, -0.05) is 34.1 Å². The Morgan fingerprint density at radius 1 is 1.17 bits per heavy atom. The van der Waals surface area contributed by atoms with Gasteiger partial charge >= 0.3 is 12.1 Å². The Morgan fingerprint density at radius 3 is 2.52 bits per heavy atom. The molecule has 2 aromatic rings. The Labute approximate surface area is 178 Å². The maximum Gasteiger partial charge on any atom is 0.411 e. The van der Waals surface area contributed by atoms with Crippen LogP contribution in [0.25, 0.3) is 0 Å². The Bertz CT molecular complexity index is 904. The number of fused-ring (bicyclic) bond motifs is 1. The maximum atomic E-state index is 13.0. The molecule has 0 saturated carbocycles. The van der Waals surface area contributed by atoms with E-state index in [1.165, 1.54) is 11.0 Å². The van der Waals surface area contributed by atoms with E-state index in [4.69, 9.17) is 9.47 Å². The zero-order chi connectivity index (χ0) is 21.2. The summed E-state index contributed by atoms with van der Waals surface area (Å²) in [5.41, 5.74) is 1.59. The summed E-state index contributed by atoms with van der Waals surface area (Å²) in [6.45, 7) is 5.73. The molecular formula is C22H24BrNO5. The van der Waals surface area contributed by atoms with Gasteiger partial charge in [-0.05, 0) is 68.1 Å². The standard InChI is InChI=1S/C22H24BrNO5/c1-22(2,3)29-21(27)24-11-10-15-6-9-17(25)12-18(15)19(24)20(26)28-13-14-4-7-16(23)8-5-14/h4-9,12,19,25H,10-11,13H2,1-3H3. The first-order valence-corrected chi connectivity index (χ1v) is 10.2. The first-order valence-electron chi connectivity index (χ1n) is 9.36. The monoisotopic (exact) mass is 461 g/mol. The van der Waals surface area contributed by atoms with Crippen LogP contribution in [0.2, 0.25) is 0 Å². The number of esters is 1. The number of halogens is 1. The van der Waals surface area contributed by atoms with E-state index in [0.717, 1.165) is 15.6 Å². The number of nitrogens with zero attached hydrogens (tertiary/aromatic N) is 1. The molecule has 0 bridgehead atoms. The summed E-state index contributed by atoms with van der Waals surface area (Å²) in [7, 11) is 0. The minimum atomic E-state index is -0.976. The fourth-order valence-electron chi connectivity index (χ4n) is 3.19. The molecule has 1 aliphatic rings. The van der Waals surface area contributed by atoms with Crippen molar-refractivity contribution in [3.63, 3.8) is 0 Å². The van der Waals surface area contributed by atoms with E-state index in [2.05, 4.69) is 15.9 Å². The van der Waals surface area contributed by atoms with Crippen molar-refractivity contribution in [2.45, 2.75) is 45.4 Å². The SMILES string of the molecule is CC(C)(C)OC(=O)N1CCc2ccc(O)cc2C1C(=O)OCc1ccc(Br)cc1. The molecule has 29 heavy (non-hydrogen) atoms. The topological polar surface area (TPSA) is 76.1 Å². The molecule has 1 unspecified atom stereocenters. The number of phenols is 1. The van der Waals surface area contributed by atoms with Crippen LogP contribution in [0.4, 0.5) is 4.79 Å². The van der Waals surface area contributed by atoms with Gasteiger partial charge in [0.25, 0.3) is 0 Å². The summed E-state index contributed by atoms with van der Waals surface area (Å²) in [4.78, 5) is 27.2. The van der Waals surface area contributed by atoms with Gasteiger partial charge in [0, 0.05) is 11.0 Å². The van der Waals surface area contributed by atoms with Gasteiger partial charge in [-0.25, -0.2) is 9.59 Å². The van der Waals surface area contributed by atoms with Crippen LogP contribution >= 0.6 is 15.9 Å². The number of hydrogen-bond donors (Lipinski definition) is 1. The molecule has 1 atom stereocenters. The average Bonchev–Trinajstić information content (AvgIpc) is 2.65. The summed E-state index contributed by atoms with van der Waals surface area (Å²) in [6, 6.07) is 11.3. The van der Waals surface area contributed by atoms with Crippen LogP contribution in [0.15, 0.2) is 46.9 Å². The number of aromatic hydroxyl groups is 1. The molecule has 1 heterocycles. The molecule has 0 saturated heterocycles. The van der Waals surface area contributed by atoms with Crippen LogP contribution in [0.3, 0.4) is 0 Å². The quantitative estimate of drug-likeness (QED) is 0.668. The van der Waals surface area contributed by atoms with E-state index in [1.54, 1.807) is 32.9 Å². The van der Waals surface area contributed by atoms with E-state index >= 15 is 0 Å². The number of benzene rings is 2. The van der Waals surface area contributed by atoms with Crippen LogP contribution in [0, 0.1) is 0 Å². The second kappa shape index (κ2) is 8.45. The third kappa shape index (κ3) is 5.29. The second-order valence-electron chi connectivity index (χ2n) is 7.94. The van der Waals surface area contributed by atoms with Gasteiger partial charge in [0.05, 0.1) is 0 Å². The lowest BCUT2D eigenvalue weighted by Gasteiger charge is -2.36. The Morgan fingerprint density at radius 2 is 1.86 bits per heavy atom. The van der Waals surface area contributed by atoms with Gasteiger partial charge in [-0.2, -0.15) is 0 Å². The number of amides is 1. The van der Waals surface area contributed by atoms with E-state index in [-0.39, 0.29) is 12.4 Å². The Hall–Kier alpha value is -2.54. The van der Waals surface area contributed by atoms with E-state index in [1.807, 2.05) is 24.3 Å². The van der Waals surface area contributed by atoms with Gasteiger partial charge < -0.3 is 14.6 Å². The van der Waals surface area contributed by atoms with Crippen molar-refractivity contribution in [3.8, 4) is 5.75 Å². The second-order valence-corrected chi connectivity index (χ2v) is 8.86. The van der Waals surface area contributed by atoms with E-state index < -0.39 is 23.7 Å². The van der Waals surface area contributed by atoms with Gasteiger partial charge in [-0.15, -0.1) is 0 Å². The van der Waals surface area contributed by atoms with Crippen molar-refractivity contribution in [2.75, 3.05) is 6.54 Å². The predicted molar refractivity (Wildman–Crippen MR) is 111 cm³/mol. The summed E-state index contributed by atoms with van der Waals surface area (Å²) >= 11 is 3.37. The highest BCUT2D eigenvalue weighted by molar-refractivity contribution is 9.10. The third-order valence-electron chi connectivity index (χ3n) is 4.50. The van der Waals surface area contributed by atoms with E-state index in [0.29, 0.717) is 18.5 Å². The number of ether oxygens (including phenoxy) is 2. The number of hydrogen-bond acceptors (Lipinski definition) is 5. The molecule has 0 aromatic heterocycles. The Balaban J connectivity index is 1.86. The highest BCUT2D eigenvalue weighted by atomic mass is 79.9. The zero-order valence-electron chi connectivity index (χ0n) is 16.6. The molecule has 0 fully saturated rings. The van der Waals surface area contributed by atoms with Gasteiger partial charge in [0.2, 0.25) is 0 Å². The highest BCUT2D eigenvalue weighted by Crippen LogP contribution is 2.34. The lowest BCUT2D eigenvalue weighted by molar-refractivity contribution is -0.152. The minimum absolute atomic E-state index is 0.0282. The van der Waals surface area contributed by atoms with Crippen molar-refractivity contribution in [3.05, 3.63) is 63.6 Å². The maximum absolute atomic E-state index is 13.0. The number of rotatable bonds is 3. The van der Waals surface area contributed by atoms with Crippen molar-refractivity contribution in [2.24, 2.45) is 0 Å². The summed E-state index contributed by atoms with van der Waals surface area (Å²) in [5, 5.41) is 9.94. The molecule has 0 spiro atoms. The van der Waals surface area contributed by atoms with Gasteiger partial charge in [0.1, 0.15) is 18.0 Å². The fourth-order valence-corrected chi connectivity index (χ4v) is 3.45. The van der Waals surface area contributed by atoms with Gasteiger partial charge in [-0.3, -0.25) is 4.90 Å². The van der Waals surface area contributed by atoms with Crippen LogP contribution in [-0.2, 0) is 27.3 Å². The predicted octanol–water partition coefficient (Wildman–Crippen LogP) is 4.73. The smallest absolute Gasteiger partial charge is 0.411 e. The molecular weight excluding hydrogens is 438 g/mol. The molecule has 0 aliphatic carbocycles. The molecule has 1 N–H and O–H groups in total. The molecule has 1 amide bonds. The molecule has 3 rings (SSSR count). The molecule has 1 aliphatic heterocycles. The third-order valence-corrected chi connectivity index (χ3v) is 5.03. The molecule has 6 nitrogen and oxygen atoms in total. The molecule has 154 valence electrons.